The Morgan fingerprint density at radius 1 is 1.07 bits per heavy atom. The van der Waals surface area contributed by atoms with Gasteiger partial charge in [0.1, 0.15) is 11.5 Å². The number of carbonyl (C=O) groups excluding carboxylic acids is 1. The van der Waals surface area contributed by atoms with Gasteiger partial charge in [-0.2, -0.15) is 0 Å². The predicted octanol–water partition coefficient (Wildman–Crippen LogP) is 3.32. The average molecular weight is 390 g/mol. The highest BCUT2D eigenvalue weighted by molar-refractivity contribution is 5.75. The Morgan fingerprint density at radius 3 is 2.29 bits per heavy atom. The van der Waals surface area contributed by atoms with Gasteiger partial charge in [0.15, 0.2) is 0 Å². The number of piperidine rings is 1. The molecule has 1 aromatic carbocycles. The molecule has 2 heterocycles. The molecule has 2 aliphatic rings. The number of amides is 2. The van der Waals surface area contributed by atoms with Gasteiger partial charge in [-0.05, 0) is 42.9 Å². The standard InChI is InChI=1S/C22H35N3O3/c1-16(2)14-24-8-6-19(7-9-24)23-22(26)25-10-5-17(15-25)18-11-20(27-3)13-21(12-18)28-4/h11-13,16-17,19H,5-10,14-15H2,1-4H3,(H,23,26). The maximum atomic E-state index is 12.7. The first-order chi connectivity index (χ1) is 13.5. The van der Waals surface area contributed by atoms with Crippen LogP contribution >= 0.6 is 0 Å². The molecule has 1 aromatic rings. The lowest BCUT2D eigenvalue weighted by atomic mass is 9.98. The highest BCUT2D eigenvalue weighted by Crippen LogP contribution is 2.33. The van der Waals surface area contributed by atoms with Gasteiger partial charge in [0.05, 0.1) is 14.2 Å². The molecule has 2 aliphatic heterocycles. The first-order valence-corrected chi connectivity index (χ1v) is 10.5. The van der Waals surface area contributed by atoms with Crippen LogP contribution in [-0.4, -0.2) is 68.8 Å². The summed E-state index contributed by atoms with van der Waals surface area (Å²) in [6.07, 6.45) is 3.06. The number of likely N-dealkylation sites (tertiary alicyclic amines) is 2. The molecular formula is C22H35N3O3. The van der Waals surface area contributed by atoms with Crippen LogP contribution in [-0.2, 0) is 0 Å². The van der Waals surface area contributed by atoms with E-state index in [2.05, 4.69) is 36.2 Å². The molecule has 0 aliphatic carbocycles. The Labute approximate surface area is 169 Å². The van der Waals surface area contributed by atoms with Crippen LogP contribution in [0.15, 0.2) is 18.2 Å². The van der Waals surface area contributed by atoms with Gasteiger partial charge in [0, 0.05) is 50.7 Å². The summed E-state index contributed by atoms with van der Waals surface area (Å²) in [5.41, 5.74) is 1.17. The van der Waals surface area contributed by atoms with Crippen LogP contribution in [0.2, 0.25) is 0 Å². The molecule has 6 nitrogen and oxygen atoms in total. The molecule has 0 spiro atoms. The second kappa shape index (κ2) is 9.50. The number of rotatable bonds is 6. The van der Waals surface area contributed by atoms with E-state index in [-0.39, 0.29) is 6.03 Å². The van der Waals surface area contributed by atoms with Crippen molar-refractivity contribution in [1.29, 1.82) is 0 Å². The molecule has 0 saturated carbocycles. The van der Waals surface area contributed by atoms with E-state index < -0.39 is 0 Å². The van der Waals surface area contributed by atoms with Crippen LogP contribution in [0.3, 0.4) is 0 Å². The minimum absolute atomic E-state index is 0.0830. The van der Waals surface area contributed by atoms with Gasteiger partial charge in [-0.1, -0.05) is 13.8 Å². The van der Waals surface area contributed by atoms with E-state index in [9.17, 15) is 4.79 Å². The number of methoxy groups -OCH3 is 2. The van der Waals surface area contributed by atoms with Gasteiger partial charge in [0.2, 0.25) is 0 Å². The lowest BCUT2D eigenvalue weighted by Gasteiger charge is -2.34. The van der Waals surface area contributed by atoms with Crippen LogP contribution in [0.1, 0.15) is 44.6 Å². The fourth-order valence-corrected chi connectivity index (χ4v) is 4.32. The molecule has 0 aromatic heterocycles. The van der Waals surface area contributed by atoms with E-state index in [1.807, 2.05) is 11.0 Å². The summed E-state index contributed by atoms with van der Waals surface area (Å²) >= 11 is 0. The summed E-state index contributed by atoms with van der Waals surface area (Å²) in [7, 11) is 3.33. The van der Waals surface area contributed by atoms with Gasteiger partial charge >= 0.3 is 6.03 Å². The van der Waals surface area contributed by atoms with E-state index >= 15 is 0 Å². The number of hydrogen-bond acceptors (Lipinski definition) is 4. The molecule has 2 fully saturated rings. The summed E-state index contributed by atoms with van der Waals surface area (Å²) in [6.45, 7) is 9.37. The van der Waals surface area contributed by atoms with Crippen LogP contribution < -0.4 is 14.8 Å². The zero-order valence-electron chi connectivity index (χ0n) is 17.7. The second-order valence-corrected chi connectivity index (χ2v) is 8.50. The van der Waals surface area contributed by atoms with Gasteiger partial charge in [0.25, 0.3) is 0 Å². The van der Waals surface area contributed by atoms with Crippen LogP contribution in [0.4, 0.5) is 4.79 Å². The zero-order valence-corrected chi connectivity index (χ0v) is 17.7. The molecule has 2 amide bonds. The number of nitrogens with one attached hydrogen (secondary N) is 1. The minimum atomic E-state index is 0.0830. The van der Waals surface area contributed by atoms with Crippen molar-refractivity contribution in [2.24, 2.45) is 5.92 Å². The number of urea groups is 1. The highest BCUT2D eigenvalue weighted by Gasteiger charge is 2.30. The van der Waals surface area contributed by atoms with Gasteiger partial charge in [-0.25, -0.2) is 4.79 Å². The van der Waals surface area contributed by atoms with Gasteiger partial charge in [-0.3, -0.25) is 0 Å². The second-order valence-electron chi connectivity index (χ2n) is 8.50. The lowest BCUT2D eigenvalue weighted by Crippen LogP contribution is -2.49. The van der Waals surface area contributed by atoms with E-state index in [0.717, 1.165) is 63.5 Å². The first kappa shape index (κ1) is 20.8. The summed E-state index contributed by atoms with van der Waals surface area (Å²) in [6, 6.07) is 6.37. The van der Waals surface area contributed by atoms with Crippen molar-refractivity contribution < 1.29 is 14.3 Å². The summed E-state index contributed by atoms with van der Waals surface area (Å²) in [5.74, 6) is 2.61. The normalized spacial score (nSPS) is 21.2. The zero-order chi connectivity index (χ0) is 20.1. The third kappa shape index (κ3) is 5.31. The third-order valence-corrected chi connectivity index (χ3v) is 5.86. The van der Waals surface area contributed by atoms with Crippen LogP contribution in [0.5, 0.6) is 11.5 Å². The molecule has 28 heavy (non-hydrogen) atoms. The average Bonchev–Trinajstić information content (AvgIpc) is 3.19. The molecule has 0 bridgehead atoms. The number of ether oxygens (including phenoxy) is 2. The van der Waals surface area contributed by atoms with Crippen molar-refractivity contribution in [3.05, 3.63) is 23.8 Å². The third-order valence-electron chi connectivity index (χ3n) is 5.86. The number of carbonyl (C=O) groups is 1. The van der Waals surface area contributed by atoms with Crippen molar-refractivity contribution in [1.82, 2.24) is 15.1 Å². The minimum Gasteiger partial charge on any atom is -0.497 e. The number of benzene rings is 1. The van der Waals surface area contributed by atoms with Gasteiger partial charge in [-0.15, -0.1) is 0 Å². The molecule has 6 heteroatoms. The SMILES string of the molecule is COc1cc(OC)cc(C2CCN(C(=O)NC3CCN(CC(C)C)CC3)C2)c1. The van der Waals surface area contributed by atoms with E-state index in [4.69, 9.17) is 9.47 Å². The lowest BCUT2D eigenvalue weighted by molar-refractivity contribution is 0.168. The van der Waals surface area contributed by atoms with Crippen LogP contribution in [0, 0.1) is 5.92 Å². The molecule has 156 valence electrons. The molecule has 1 N–H and O–H groups in total. The Balaban J connectivity index is 1.51. The Kier molecular flexibility index (Phi) is 7.05. The Bertz CT molecular complexity index is 634. The van der Waals surface area contributed by atoms with Crippen LogP contribution in [0.25, 0.3) is 0 Å². The molecule has 3 rings (SSSR count). The summed E-state index contributed by atoms with van der Waals surface area (Å²) < 4.78 is 10.8. The highest BCUT2D eigenvalue weighted by atomic mass is 16.5. The van der Waals surface area contributed by atoms with Crippen molar-refractivity contribution >= 4 is 6.03 Å². The summed E-state index contributed by atoms with van der Waals surface area (Å²) in [4.78, 5) is 17.2. The molecular weight excluding hydrogens is 354 g/mol. The largest absolute Gasteiger partial charge is 0.497 e. The van der Waals surface area contributed by atoms with Gasteiger partial charge < -0.3 is 24.6 Å². The smallest absolute Gasteiger partial charge is 0.317 e. The van der Waals surface area contributed by atoms with Crippen molar-refractivity contribution in [2.75, 3.05) is 46.9 Å². The molecule has 1 atom stereocenters. The van der Waals surface area contributed by atoms with E-state index in [0.29, 0.717) is 17.9 Å². The Hall–Kier alpha value is -1.95. The topological polar surface area (TPSA) is 54.0 Å². The maximum Gasteiger partial charge on any atom is 0.317 e. The maximum absolute atomic E-state index is 12.7. The fraction of sp³-hybridized carbons (Fsp3) is 0.682. The fourth-order valence-electron chi connectivity index (χ4n) is 4.32. The Morgan fingerprint density at radius 2 is 1.71 bits per heavy atom. The monoisotopic (exact) mass is 389 g/mol. The summed E-state index contributed by atoms with van der Waals surface area (Å²) in [5, 5.41) is 3.26. The van der Waals surface area contributed by atoms with Crippen molar-refractivity contribution in [3.8, 4) is 11.5 Å². The predicted molar refractivity (Wildman–Crippen MR) is 111 cm³/mol. The molecule has 0 radical (unpaired) electrons. The quantitative estimate of drug-likeness (QED) is 0.811. The van der Waals surface area contributed by atoms with E-state index in [1.54, 1.807) is 14.2 Å². The number of hydrogen-bond donors (Lipinski definition) is 1. The molecule has 1 unspecified atom stereocenters. The number of nitrogens with zero attached hydrogens (tertiary/aromatic N) is 2. The first-order valence-electron chi connectivity index (χ1n) is 10.5. The van der Waals surface area contributed by atoms with E-state index in [1.165, 1.54) is 5.56 Å². The van der Waals surface area contributed by atoms with Crippen molar-refractivity contribution in [3.63, 3.8) is 0 Å². The van der Waals surface area contributed by atoms with Crippen molar-refractivity contribution in [2.45, 2.75) is 45.1 Å². The molecule has 2 saturated heterocycles.